The lowest BCUT2D eigenvalue weighted by atomic mass is 10.1. The van der Waals surface area contributed by atoms with Crippen LogP contribution in [0.3, 0.4) is 0 Å². The van der Waals surface area contributed by atoms with Crippen LogP contribution in [0.4, 0.5) is 11.5 Å². The minimum absolute atomic E-state index is 0.766. The summed E-state index contributed by atoms with van der Waals surface area (Å²) in [6, 6.07) is 14.1. The first kappa shape index (κ1) is 11.7. The van der Waals surface area contributed by atoms with Gasteiger partial charge < -0.3 is 5.32 Å². The molecule has 0 atom stereocenters. The smallest absolute Gasteiger partial charge is 0.149 e. The third-order valence-electron chi connectivity index (χ3n) is 3.23. The van der Waals surface area contributed by atoms with E-state index in [1.807, 2.05) is 24.3 Å². The van der Waals surface area contributed by atoms with Gasteiger partial charge in [0.1, 0.15) is 5.82 Å². The summed E-state index contributed by atoms with van der Waals surface area (Å²) in [5, 5.41) is 3.29. The molecule has 19 heavy (non-hydrogen) atoms. The van der Waals surface area contributed by atoms with Crippen molar-refractivity contribution in [3.05, 3.63) is 59.8 Å². The van der Waals surface area contributed by atoms with Crippen molar-refractivity contribution < 1.29 is 0 Å². The second kappa shape index (κ2) is 4.69. The number of nitrogens with zero attached hydrogens (tertiary/aromatic N) is 2. The van der Waals surface area contributed by atoms with Crippen molar-refractivity contribution in [1.29, 1.82) is 0 Å². The van der Waals surface area contributed by atoms with Gasteiger partial charge in [0.15, 0.2) is 0 Å². The molecule has 0 amide bonds. The van der Waals surface area contributed by atoms with Crippen LogP contribution >= 0.6 is 0 Å². The Morgan fingerprint density at radius 2 is 1.68 bits per heavy atom. The van der Waals surface area contributed by atoms with E-state index in [9.17, 15) is 0 Å². The van der Waals surface area contributed by atoms with Crippen LogP contribution in [0.5, 0.6) is 0 Å². The fraction of sp³-hybridized carbons (Fsp3) is 0.125. The van der Waals surface area contributed by atoms with Crippen LogP contribution < -0.4 is 5.32 Å². The van der Waals surface area contributed by atoms with E-state index in [1.165, 1.54) is 11.1 Å². The number of fused-ring (bicyclic) bond motifs is 1. The number of aromatic nitrogens is 2. The molecular formula is C16H15N3. The van der Waals surface area contributed by atoms with E-state index >= 15 is 0 Å². The molecule has 94 valence electrons. The van der Waals surface area contributed by atoms with E-state index in [0.717, 1.165) is 22.5 Å². The van der Waals surface area contributed by atoms with Gasteiger partial charge in [-0.05, 0) is 49.2 Å². The Hall–Kier alpha value is -2.42. The van der Waals surface area contributed by atoms with Gasteiger partial charge in [0.2, 0.25) is 0 Å². The van der Waals surface area contributed by atoms with E-state index in [2.05, 4.69) is 47.3 Å². The molecule has 3 aromatic rings. The van der Waals surface area contributed by atoms with Gasteiger partial charge in [0, 0.05) is 5.69 Å². The number of nitrogens with one attached hydrogen (secondary N) is 1. The van der Waals surface area contributed by atoms with Gasteiger partial charge in [-0.15, -0.1) is 0 Å². The fourth-order valence-electron chi connectivity index (χ4n) is 1.98. The van der Waals surface area contributed by atoms with Crippen LogP contribution in [0.2, 0.25) is 0 Å². The highest BCUT2D eigenvalue weighted by Gasteiger charge is 2.01. The van der Waals surface area contributed by atoms with Crippen LogP contribution in [-0.4, -0.2) is 9.97 Å². The van der Waals surface area contributed by atoms with Gasteiger partial charge in [0.05, 0.1) is 17.2 Å². The molecule has 0 aliphatic rings. The largest absolute Gasteiger partial charge is 0.339 e. The molecule has 1 heterocycles. The lowest BCUT2D eigenvalue weighted by Gasteiger charge is -2.08. The molecule has 0 unspecified atom stereocenters. The standard InChI is InChI=1S/C16H15N3/c1-11-7-8-13(9-12(11)2)18-16-10-17-14-5-3-4-6-15(14)19-16/h3-10H,1-2H3,(H,18,19). The summed E-state index contributed by atoms with van der Waals surface area (Å²) in [5.41, 5.74) is 5.39. The molecule has 0 bridgehead atoms. The molecular weight excluding hydrogens is 234 g/mol. The molecule has 0 radical (unpaired) electrons. The van der Waals surface area contributed by atoms with Gasteiger partial charge in [-0.2, -0.15) is 0 Å². The first-order chi connectivity index (χ1) is 9.22. The summed E-state index contributed by atoms with van der Waals surface area (Å²) < 4.78 is 0. The summed E-state index contributed by atoms with van der Waals surface area (Å²) in [7, 11) is 0. The van der Waals surface area contributed by atoms with Crippen molar-refractivity contribution >= 4 is 22.5 Å². The van der Waals surface area contributed by atoms with Crippen LogP contribution in [0.15, 0.2) is 48.7 Å². The number of anilines is 2. The van der Waals surface area contributed by atoms with Gasteiger partial charge in [-0.1, -0.05) is 18.2 Å². The quantitative estimate of drug-likeness (QED) is 0.746. The predicted molar refractivity (Wildman–Crippen MR) is 78.7 cm³/mol. The zero-order chi connectivity index (χ0) is 13.2. The van der Waals surface area contributed by atoms with Crippen molar-refractivity contribution in [3.63, 3.8) is 0 Å². The Bertz CT molecular complexity index is 735. The lowest BCUT2D eigenvalue weighted by molar-refractivity contribution is 1.27. The maximum Gasteiger partial charge on any atom is 0.149 e. The zero-order valence-electron chi connectivity index (χ0n) is 11.0. The number of hydrogen-bond donors (Lipinski definition) is 1. The van der Waals surface area contributed by atoms with Crippen LogP contribution in [0.25, 0.3) is 11.0 Å². The summed E-state index contributed by atoms with van der Waals surface area (Å²) in [5.74, 6) is 0.766. The fourth-order valence-corrected chi connectivity index (χ4v) is 1.98. The molecule has 1 N–H and O–H groups in total. The molecule has 2 aromatic carbocycles. The summed E-state index contributed by atoms with van der Waals surface area (Å²) in [6.45, 7) is 4.21. The summed E-state index contributed by atoms with van der Waals surface area (Å²) in [6.07, 6.45) is 1.76. The van der Waals surface area contributed by atoms with E-state index in [-0.39, 0.29) is 0 Å². The number of para-hydroxylation sites is 2. The molecule has 0 spiro atoms. The predicted octanol–water partition coefficient (Wildman–Crippen LogP) is 3.99. The normalized spacial score (nSPS) is 10.6. The highest BCUT2D eigenvalue weighted by atomic mass is 15.0. The number of aryl methyl sites for hydroxylation is 2. The number of rotatable bonds is 2. The third-order valence-corrected chi connectivity index (χ3v) is 3.23. The number of hydrogen-bond acceptors (Lipinski definition) is 3. The van der Waals surface area contributed by atoms with Crippen molar-refractivity contribution in [1.82, 2.24) is 9.97 Å². The van der Waals surface area contributed by atoms with Gasteiger partial charge in [-0.3, -0.25) is 4.98 Å². The summed E-state index contributed by atoms with van der Waals surface area (Å²) in [4.78, 5) is 8.94. The van der Waals surface area contributed by atoms with E-state index in [0.29, 0.717) is 0 Å². The highest BCUT2D eigenvalue weighted by molar-refractivity contribution is 5.76. The Balaban J connectivity index is 1.94. The SMILES string of the molecule is Cc1ccc(Nc2cnc3ccccc3n2)cc1C. The molecule has 0 saturated heterocycles. The van der Waals surface area contributed by atoms with E-state index in [1.54, 1.807) is 6.20 Å². The van der Waals surface area contributed by atoms with Crippen LogP contribution in [0.1, 0.15) is 11.1 Å². The van der Waals surface area contributed by atoms with Crippen LogP contribution in [-0.2, 0) is 0 Å². The Morgan fingerprint density at radius 1 is 0.895 bits per heavy atom. The minimum Gasteiger partial charge on any atom is -0.339 e. The lowest BCUT2D eigenvalue weighted by Crippen LogP contribution is -1.96. The van der Waals surface area contributed by atoms with Crippen molar-refractivity contribution in [2.75, 3.05) is 5.32 Å². The molecule has 0 aliphatic heterocycles. The minimum atomic E-state index is 0.766. The second-order valence-electron chi connectivity index (χ2n) is 4.67. The molecule has 0 aliphatic carbocycles. The average molecular weight is 249 g/mol. The first-order valence-corrected chi connectivity index (χ1v) is 6.28. The third kappa shape index (κ3) is 2.40. The van der Waals surface area contributed by atoms with Crippen LogP contribution in [0, 0.1) is 13.8 Å². The maximum atomic E-state index is 4.55. The van der Waals surface area contributed by atoms with E-state index in [4.69, 9.17) is 0 Å². The highest BCUT2D eigenvalue weighted by Crippen LogP contribution is 2.19. The van der Waals surface area contributed by atoms with Crippen molar-refractivity contribution in [2.45, 2.75) is 13.8 Å². The molecule has 0 saturated carbocycles. The molecule has 1 aromatic heterocycles. The molecule has 3 heteroatoms. The molecule has 3 rings (SSSR count). The van der Waals surface area contributed by atoms with Gasteiger partial charge in [0.25, 0.3) is 0 Å². The van der Waals surface area contributed by atoms with Crippen molar-refractivity contribution in [3.8, 4) is 0 Å². The molecule has 3 nitrogen and oxygen atoms in total. The first-order valence-electron chi connectivity index (χ1n) is 6.28. The van der Waals surface area contributed by atoms with Crippen molar-refractivity contribution in [2.24, 2.45) is 0 Å². The average Bonchev–Trinajstić information content (AvgIpc) is 2.43. The Morgan fingerprint density at radius 3 is 2.47 bits per heavy atom. The molecule has 0 fully saturated rings. The van der Waals surface area contributed by atoms with E-state index < -0.39 is 0 Å². The summed E-state index contributed by atoms with van der Waals surface area (Å²) >= 11 is 0. The van der Waals surface area contributed by atoms with Gasteiger partial charge >= 0.3 is 0 Å². The maximum absolute atomic E-state index is 4.55. The monoisotopic (exact) mass is 249 g/mol. The zero-order valence-corrected chi connectivity index (χ0v) is 11.0. The topological polar surface area (TPSA) is 37.8 Å². The van der Waals surface area contributed by atoms with Gasteiger partial charge in [-0.25, -0.2) is 4.98 Å². The Labute approximate surface area is 112 Å². The second-order valence-corrected chi connectivity index (χ2v) is 4.67. The number of benzene rings is 2. The Kier molecular flexibility index (Phi) is 2.88.